The highest BCUT2D eigenvalue weighted by Gasteiger charge is 2.21. The van der Waals surface area contributed by atoms with Crippen LogP contribution in [0.3, 0.4) is 0 Å². The largest absolute Gasteiger partial charge is 0.367 e. The zero-order valence-electron chi connectivity index (χ0n) is 12.8. The van der Waals surface area contributed by atoms with Crippen molar-refractivity contribution in [3.8, 4) is 18.2 Å². The quantitative estimate of drug-likeness (QED) is 0.850. The number of piperidine rings is 1. The molecule has 1 N–H and O–H groups in total. The molecule has 1 atom stereocenters. The van der Waals surface area contributed by atoms with E-state index >= 15 is 0 Å². The van der Waals surface area contributed by atoms with Crippen LogP contribution in [0.25, 0.3) is 0 Å². The molecule has 1 aliphatic rings. The van der Waals surface area contributed by atoms with Crippen LogP contribution in [0, 0.1) is 34.0 Å². The van der Waals surface area contributed by atoms with E-state index < -0.39 is 0 Å². The van der Waals surface area contributed by atoms with E-state index in [0.29, 0.717) is 16.8 Å². The Bertz CT molecular complexity index is 732. The molecule has 1 fully saturated rings. The van der Waals surface area contributed by atoms with Crippen molar-refractivity contribution in [2.45, 2.75) is 32.2 Å². The molecular weight excluding hydrogens is 310 g/mol. The Morgan fingerprint density at radius 3 is 2.57 bits per heavy atom. The number of anilines is 2. The molecular formula is C17H16ClN5. The van der Waals surface area contributed by atoms with Gasteiger partial charge in [-0.25, -0.2) is 0 Å². The molecule has 0 bridgehead atoms. The lowest BCUT2D eigenvalue weighted by molar-refractivity contribution is 0.485. The first-order valence-electron chi connectivity index (χ1n) is 7.38. The fraction of sp³-hybridized carbons (Fsp3) is 0.353. The summed E-state index contributed by atoms with van der Waals surface area (Å²) in [5, 5.41) is 30.6. The van der Waals surface area contributed by atoms with Gasteiger partial charge in [0.2, 0.25) is 0 Å². The minimum absolute atomic E-state index is 0.0665. The summed E-state index contributed by atoms with van der Waals surface area (Å²) in [5.41, 5.74) is 1.24. The van der Waals surface area contributed by atoms with Crippen molar-refractivity contribution in [1.29, 1.82) is 15.8 Å². The first-order chi connectivity index (χ1) is 11.1. The van der Waals surface area contributed by atoms with E-state index in [1.54, 1.807) is 24.3 Å². The van der Waals surface area contributed by atoms with Crippen molar-refractivity contribution < 1.29 is 0 Å². The SMILES string of the molecule is CC1CCCCN1c1ccc(Cl)cc1NC(C#N)=C(C#N)C#N. The van der Waals surface area contributed by atoms with Crippen molar-refractivity contribution in [2.24, 2.45) is 0 Å². The maximum atomic E-state index is 9.22. The monoisotopic (exact) mass is 325 g/mol. The summed E-state index contributed by atoms with van der Waals surface area (Å²) in [6.07, 6.45) is 3.41. The topological polar surface area (TPSA) is 86.6 Å². The Morgan fingerprint density at radius 1 is 1.22 bits per heavy atom. The predicted octanol–water partition coefficient (Wildman–Crippen LogP) is 3.96. The van der Waals surface area contributed by atoms with Gasteiger partial charge < -0.3 is 10.2 Å². The standard InChI is InChI=1S/C17H16ClN5/c1-12-4-2-3-7-23(12)17-6-5-14(18)8-15(17)22-16(11-21)13(9-19)10-20/h5-6,8,12,22H,2-4,7H2,1H3. The van der Waals surface area contributed by atoms with Gasteiger partial charge >= 0.3 is 0 Å². The second-order valence-corrected chi connectivity index (χ2v) is 5.85. The predicted molar refractivity (Wildman–Crippen MR) is 89.6 cm³/mol. The minimum Gasteiger partial charge on any atom is -0.367 e. The molecule has 5 nitrogen and oxygen atoms in total. The lowest BCUT2D eigenvalue weighted by Crippen LogP contribution is -2.37. The number of benzene rings is 1. The van der Waals surface area contributed by atoms with Gasteiger partial charge in [-0.15, -0.1) is 0 Å². The zero-order valence-corrected chi connectivity index (χ0v) is 13.6. The molecule has 1 unspecified atom stereocenters. The van der Waals surface area contributed by atoms with Crippen molar-refractivity contribution >= 4 is 23.0 Å². The molecule has 0 saturated carbocycles. The molecule has 1 aliphatic heterocycles. The summed E-state index contributed by atoms with van der Waals surface area (Å²) in [7, 11) is 0. The van der Waals surface area contributed by atoms with Crippen molar-refractivity contribution in [3.63, 3.8) is 0 Å². The summed E-state index contributed by atoms with van der Waals surface area (Å²) in [5.74, 6) is 0. The average Bonchev–Trinajstić information content (AvgIpc) is 2.56. The lowest BCUT2D eigenvalue weighted by Gasteiger charge is -2.36. The minimum atomic E-state index is -0.245. The van der Waals surface area contributed by atoms with E-state index in [4.69, 9.17) is 22.1 Å². The van der Waals surface area contributed by atoms with Crippen LogP contribution in [0.4, 0.5) is 11.4 Å². The van der Waals surface area contributed by atoms with Crippen LogP contribution in [-0.4, -0.2) is 12.6 Å². The summed E-state index contributed by atoms with van der Waals surface area (Å²) < 4.78 is 0. The van der Waals surface area contributed by atoms with E-state index in [9.17, 15) is 5.26 Å². The molecule has 1 aromatic carbocycles. The Kier molecular flexibility index (Phi) is 5.47. The first-order valence-corrected chi connectivity index (χ1v) is 7.76. The van der Waals surface area contributed by atoms with Crippen LogP contribution in [-0.2, 0) is 0 Å². The summed E-state index contributed by atoms with van der Waals surface area (Å²) in [6, 6.07) is 11.1. The van der Waals surface area contributed by atoms with E-state index in [2.05, 4.69) is 17.1 Å². The van der Waals surface area contributed by atoms with Gasteiger partial charge in [-0.3, -0.25) is 0 Å². The van der Waals surface area contributed by atoms with Crippen molar-refractivity contribution in [3.05, 3.63) is 34.5 Å². The highest BCUT2D eigenvalue weighted by Crippen LogP contribution is 2.34. The molecule has 0 spiro atoms. The molecule has 0 aliphatic carbocycles. The highest BCUT2D eigenvalue weighted by atomic mass is 35.5. The smallest absolute Gasteiger partial charge is 0.163 e. The van der Waals surface area contributed by atoms with E-state index in [-0.39, 0.29) is 11.3 Å². The van der Waals surface area contributed by atoms with Crippen LogP contribution in [0.15, 0.2) is 29.5 Å². The van der Waals surface area contributed by atoms with Crippen LogP contribution in [0.1, 0.15) is 26.2 Å². The molecule has 1 heterocycles. The fourth-order valence-corrected chi connectivity index (χ4v) is 2.90. The summed E-state index contributed by atoms with van der Waals surface area (Å²) in [4.78, 5) is 2.26. The number of halogens is 1. The van der Waals surface area contributed by atoms with Gasteiger partial charge in [-0.2, -0.15) is 15.8 Å². The Balaban J connectivity index is 2.45. The number of hydrogen-bond donors (Lipinski definition) is 1. The molecule has 6 heteroatoms. The molecule has 2 rings (SSSR count). The van der Waals surface area contributed by atoms with Crippen LogP contribution in [0.5, 0.6) is 0 Å². The molecule has 116 valence electrons. The van der Waals surface area contributed by atoms with Crippen LogP contribution >= 0.6 is 11.6 Å². The van der Waals surface area contributed by atoms with Gasteiger partial charge in [0, 0.05) is 17.6 Å². The summed E-state index contributed by atoms with van der Waals surface area (Å²) >= 11 is 6.08. The number of allylic oxidation sites excluding steroid dienone is 2. The molecule has 0 radical (unpaired) electrons. The van der Waals surface area contributed by atoms with Gasteiger partial charge in [0.25, 0.3) is 0 Å². The van der Waals surface area contributed by atoms with Gasteiger partial charge in [-0.1, -0.05) is 11.6 Å². The third kappa shape index (κ3) is 3.75. The number of nitrogens with zero attached hydrogens (tertiary/aromatic N) is 4. The number of rotatable bonds is 3. The van der Waals surface area contributed by atoms with E-state index in [1.807, 2.05) is 12.1 Å². The molecule has 1 saturated heterocycles. The number of hydrogen-bond acceptors (Lipinski definition) is 5. The van der Waals surface area contributed by atoms with Gasteiger partial charge in [-0.05, 0) is 44.4 Å². The van der Waals surface area contributed by atoms with E-state index in [1.165, 1.54) is 6.42 Å². The van der Waals surface area contributed by atoms with E-state index in [0.717, 1.165) is 25.1 Å². The zero-order chi connectivity index (χ0) is 16.8. The lowest BCUT2D eigenvalue weighted by atomic mass is 10.0. The highest BCUT2D eigenvalue weighted by molar-refractivity contribution is 6.31. The number of nitriles is 3. The Labute approximate surface area is 141 Å². The molecule has 0 amide bonds. The maximum Gasteiger partial charge on any atom is 0.163 e. The average molecular weight is 326 g/mol. The van der Waals surface area contributed by atoms with Crippen molar-refractivity contribution in [1.82, 2.24) is 0 Å². The molecule has 0 aromatic heterocycles. The third-order valence-electron chi connectivity index (χ3n) is 3.92. The molecule has 23 heavy (non-hydrogen) atoms. The first kappa shape index (κ1) is 16.7. The van der Waals surface area contributed by atoms with Gasteiger partial charge in [0.15, 0.2) is 5.57 Å². The van der Waals surface area contributed by atoms with Crippen LogP contribution in [0.2, 0.25) is 5.02 Å². The Hall–Kier alpha value is -2.68. The summed E-state index contributed by atoms with van der Waals surface area (Å²) in [6.45, 7) is 3.08. The van der Waals surface area contributed by atoms with Crippen LogP contribution < -0.4 is 10.2 Å². The Morgan fingerprint density at radius 2 is 1.96 bits per heavy atom. The third-order valence-corrected chi connectivity index (χ3v) is 4.15. The van der Waals surface area contributed by atoms with Crippen molar-refractivity contribution in [2.75, 3.05) is 16.8 Å². The van der Waals surface area contributed by atoms with Gasteiger partial charge in [0.05, 0.1) is 11.4 Å². The normalized spacial score (nSPS) is 16.7. The van der Waals surface area contributed by atoms with Gasteiger partial charge in [0.1, 0.15) is 23.9 Å². The maximum absolute atomic E-state index is 9.22. The second-order valence-electron chi connectivity index (χ2n) is 5.41. The molecule has 1 aromatic rings. The number of nitrogens with one attached hydrogen (secondary N) is 1. The fourth-order valence-electron chi connectivity index (χ4n) is 2.73. The second kappa shape index (κ2) is 7.54.